The Hall–Kier alpha value is -1.63. The van der Waals surface area contributed by atoms with Crippen molar-refractivity contribution in [1.82, 2.24) is 15.6 Å². The van der Waals surface area contributed by atoms with Crippen LogP contribution in [0.2, 0.25) is 0 Å². The van der Waals surface area contributed by atoms with Crippen molar-refractivity contribution in [2.75, 3.05) is 12.3 Å². The third-order valence-electron chi connectivity index (χ3n) is 2.73. The molecule has 1 saturated heterocycles. The molecule has 0 aromatic carbocycles. The fraction of sp³-hybridized carbons (Fsp3) is 0.364. The fourth-order valence-electron chi connectivity index (χ4n) is 1.75. The van der Waals surface area contributed by atoms with Gasteiger partial charge in [0.1, 0.15) is 5.82 Å². The molecule has 1 unspecified atom stereocenters. The minimum Gasteiger partial charge on any atom is -0.383 e. The molecule has 0 aliphatic carbocycles. The summed E-state index contributed by atoms with van der Waals surface area (Å²) in [6.07, 6.45) is 2.60. The number of nitrogen functional groups attached to an aromatic ring is 1. The first-order chi connectivity index (χ1) is 8.56. The molecule has 6 nitrogen and oxygen atoms in total. The Morgan fingerprint density at radius 2 is 2.39 bits per heavy atom. The van der Waals surface area contributed by atoms with Gasteiger partial charge in [-0.25, -0.2) is 4.98 Å². The Bertz CT molecular complexity index is 482. The molecule has 1 aromatic rings. The number of amides is 2. The zero-order valence-electron chi connectivity index (χ0n) is 9.57. The van der Waals surface area contributed by atoms with Crippen molar-refractivity contribution < 1.29 is 9.59 Å². The lowest BCUT2D eigenvalue weighted by Crippen LogP contribution is -2.47. The molecule has 1 fully saturated rings. The summed E-state index contributed by atoms with van der Waals surface area (Å²) in [6, 6.07) is 1.56. The van der Waals surface area contributed by atoms with Gasteiger partial charge in [0.2, 0.25) is 5.91 Å². The number of nitrogens with one attached hydrogen (secondary N) is 2. The van der Waals surface area contributed by atoms with E-state index in [0.717, 1.165) is 0 Å². The molecule has 96 valence electrons. The van der Waals surface area contributed by atoms with Gasteiger partial charge in [-0.2, -0.15) is 0 Å². The van der Waals surface area contributed by atoms with Gasteiger partial charge in [0.15, 0.2) is 0 Å². The monoisotopic (exact) mass is 312 g/mol. The van der Waals surface area contributed by atoms with E-state index in [-0.39, 0.29) is 23.7 Å². The second kappa shape index (κ2) is 5.34. The maximum Gasteiger partial charge on any atom is 0.255 e. The van der Waals surface area contributed by atoms with E-state index in [2.05, 4.69) is 31.5 Å². The van der Waals surface area contributed by atoms with E-state index in [1.807, 2.05) is 0 Å². The van der Waals surface area contributed by atoms with E-state index in [9.17, 15) is 9.59 Å². The van der Waals surface area contributed by atoms with Crippen LogP contribution in [0.3, 0.4) is 0 Å². The molecular formula is C11H13BrN4O2. The van der Waals surface area contributed by atoms with Crippen LogP contribution in [0, 0.1) is 0 Å². The van der Waals surface area contributed by atoms with E-state index in [4.69, 9.17) is 5.73 Å². The first-order valence-corrected chi connectivity index (χ1v) is 6.34. The average Bonchev–Trinajstić information content (AvgIpc) is 2.35. The summed E-state index contributed by atoms with van der Waals surface area (Å²) in [6.45, 7) is 0.450. The normalized spacial score (nSPS) is 19.2. The Labute approximate surface area is 112 Å². The van der Waals surface area contributed by atoms with Crippen molar-refractivity contribution in [2.24, 2.45) is 0 Å². The minimum absolute atomic E-state index is 0.0177. The number of anilines is 1. The number of hydrogen-bond acceptors (Lipinski definition) is 4. The summed E-state index contributed by atoms with van der Waals surface area (Å²) in [5, 5.41) is 5.53. The van der Waals surface area contributed by atoms with Crippen molar-refractivity contribution in [2.45, 2.75) is 18.9 Å². The van der Waals surface area contributed by atoms with E-state index in [1.165, 1.54) is 6.20 Å². The number of pyridine rings is 1. The molecule has 7 heteroatoms. The Balaban J connectivity index is 2.03. The van der Waals surface area contributed by atoms with Crippen LogP contribution in [0.1, 0.15) is 23.2 Å². The molecule has 1 aromatic heterocycles. The van der Waals surface area contributed by atoms with Crippen LogP contribution in [0.15, 0.2) is 16.7 Å². The average molecular weight is 313 g/mol. The van der Waals surface area contributed by atoms with Crippen molar-refractivity contribution in [3.63, 3.8) is 0 Å². The topological polar surface area (TPSA) is 97.1 Å². The molecular weight excluding hydrogens is 300 g/mol. The molecule has 1 atom stereocenters. The fourth-order valence-corrected chi connectivity index (χ4v) is 2.08. The predicted octanol–water partition coefficient (Wildman–Crippen LogP) is 0.435. The van der Waals surface area contributed by atoms with Gasteiger partial charge >= 0.3 is 0 Å². The van der Waals surface area contributed by atoms with Gasteiger partial charge in [-0.15, -0.1) is 0 Å². The van der Waals surface area contributed by atoms with Gasteiger partial charge in [0.05, 0.1) is 5.56 Å². The van der Waals surface area contributed by atoms with Crippen LogP contribution in [-0.2, 0) is 4.79 Å². The lowest BCUT2D eigenvalue weighted by atomic mass is 10.1. The third kappa shape index (κ3) is 2.98. The molecule has 0 bridgehead atoms. The molecule has 0 radical (unpaired) electrons. The molecule has 2 amide bonds. The number of halogens is 1. The van der Waals surface area contributed by atoms with Gasteiger partial charge in [0.25, 0.3) is 5.91 Å². The van der Waals surface area contributed by atoms with Crippen LogP contribution in [-0.4, -0.2) is 29.4 Å². The summed E-state index contributed by atoms with van der Waals surface area (Å²) in [5.41, 5.74) is 5.99. The second-order valence-corrected chi connectivity index (χ2v) is 5.02. The van der Waals surface area contributed by atoms with Crippen LogP contribution in [0.5, 0.6) is 0 Å². The number of carbonyl (C=O) groups is 2. The standard InChI is InChI=1S/C11H13BrN4O2/c12-6-3-8(10(13)15-4-6)11(18)16-7-1-2-9(17)14-5-7/h3-4,7H,1-2,5H2,(H2,13,15)(H,14,17)(H,16,18). The van der Waals surface area contributed by atoms with Gasteiger partial charge in [-0.1, -0.05) is 0 Å². The zero-order chi connectivity index (χ0) is 13.1. The summed E-state index contributed by atoms with van der Waals surface area (Å²) in [4.78, 5) is 26.9. The number of nitrogens with two attached hydrogens (primary N) is 1. The van der Waals surface area contributed by atoms with Gasteiger partial charge < -0.3 is 16.4 Å². The summed E-state index contributed by atoms with van der Waals surface area (Å²) in [5.74, 6) is -0.0675. The molecule has 0 spiro atoms. The summed E-state index contributed by atoms with van der Waals surface area (Å²) >= 11 is 3.24. The second-order valence-electron chi connectivity index (χ2n) is 4.10. The SMILES string of the molecule is Nc1ncc(Br)cc1C(=O)NC1CCC(=O)NC1. The number of piperidine rings is 1. The number of nitrogens with zero attached hydrogens (tertiary/aromatic N) is 1. The molecule has 1 aliphatic heterocycles. The number of rotatable bonds is 2. The number of hydrogen-bond donors (Lipinski definition) is 3. The smallest absolute Gasteiger partial charge is 0.255 e. The van der Waals surface area contributed by atoms with Crippen LogP contribution < -0.4 is 16.4 Å². The van der Waals surface area contributed by atoms with Gasteiger partial charge in [-0.3, -0.25) is 9.59 Å². The largest absolute Gasteiger partial charge is 0.383 e. The van der Waals surface area contributed by atoms with E-state index < -0.39 is 0 Å². The first kappa shape index (κ1) is 12.8. The zero-order valence-corrected chi connectivity index (χ0v) is 11.2. The van der Waals surface area contributed by atoms with Crippen LogP contribution in [0.4, 0.5) is 5.82 Å². The summed E-state index contributed by atoms with van der Waals surface area (Å²) in [7, 11) is 0. The third-order valence-corrected chi connectivity index (χ3v) is 3.16. The van der Waals surface area contributed by atoms with E-state index in [0.29, 0.717) is 29.4 Å². The Kier molecular flexibility index (Phi) is 3.81. The predicted molar refractivity (Wildman–Crippen MR) is 69.8 cm³/mol. The molecule has 2 rings (SSSR count). The van der Waals surface area contributed by atoms with Crippen molar-refractivity contribution >= 4 is 33.6 Å². The summed E-state index contributed by atoms with van der Waals surface area (Å²) < 4.78 is 0.693. The highest BCUT2D eigenvalue weighted by Gasteiger charge is 2.21. The first-order valence-electron chi connectivity index (χ1n) is 5.55. The van der Waals surface area contributed by atoms with Crippen molar-refractivity contribution in [1.29, 1.82) is 0 Å². The van der Waals surface area contributed by atoms with E-state index in [1.54, 1.807) is 6.07 Å². The highest BCUT2D eigenvalue weighted by molar-refractivity contribution is 9.10. The Morgan fingerprint density at radius 1 is 1.61 bits per heavy atom. The molecule has 1 aliphatic rings. The lowest BCUT2D eigenvalue weighted by Gasteiger charge is -2.23. The van der Waals surface area contributed by atoms with Crippen LogP contribution >= 0.6 is 15.9 Å². The molecule has 18 heavy (non-hydrogen) atoms. The number of aromatic nitrogens is 1. The quantitative estimate of drug-likeness (QED) is 0.738. The molecule has 4 N–H and O–H groups in total. The number of carbonyl (C=O) groups excluding carboxylic acids is 2. The van der Waals surface area contributed by atoms with E-state index >= 15 is 0 Å². The van der Waals surface area contributed by atoms with Crippen molar-refractivity contribution in [3.8, 4) is 0 Å². The highest BCUT2D eigenvalue weighted by Crippen LogP contribution is 2.16. The molecule has 0 saturated carbocycles. The minimum atomic E-state index is -0.276. The van der Waals surface area contributed by atoms with Gasteiger partial charge in [0, 0.05) is 29.7 Å². The Morgan fingerprint density at radius 3 is 3.06 bits per heavy atom. The molecule has 2 heterocycles. The maximum atomic E-state index is 12.0. The highest BCUT2D eigenvalue weighted by atomic mass is 79.9. The van der Waals surface area contributed by atoms with Gasteiger partial charge in [-0.05, 0) is 28.4 Å². The van der Waals surface area contributed by atoms with Crippen LogP contribution in [0.25, 0.3) is 0 Å². The maximum absolute atomic E-state index is 12.0. The lowest BCUT2D eigenvalue weighted by molar-refractivity contribution is -0.122. The van der Waals surface area contributed by atoms with Crippen molar-refractivity contribution in [3.05, 3.63) is 22.3 Å².